The largest absolute Gasteiger partial charge is 0.481 e. The van der Waals surface area contributed by atoms with E-state index in [9.17, 15) is 9.59 Å². The fourth-order valence-electron chi connectivity index (χ4n) is 2.40. The molecular weight excluding hydrogens is 308 g/mol. The van der Waals surface area contributed by atoms with Crippen LogP contribution in [0.2, 0.25) is 0 Å². The summed E-state index contributed by atoms with van der Waals surface area (Å²) in [6.07, 6.45) is 3.83. The Morgan fingerprint density at radius 2 is 2.17 bits per heavy atom. The fourth-order valence-corrected chi connectivity index (χ4v) is 2.40. The molecule has 0 radical (unpaired) electrons. The van der Waals surface area contributed by atoms with E-state index in [1.165, 1.54) is 10.7 Å². The molecule has 1 atom stereocenters. The second kappa shape index (κ2) is 6.82. The number of nitrogens with one attached hydrogen (secondary N) is 1. The number of pyridine rings is 1. The topological polar surface area (TPSA) is 86.1 Å². The van der Waals surface area contributed by atoms with Crippen molar-refractivity contribution < 1.29 is 9.53 Å². The van der Waals surface area contributed by atoms with Gasteiger partial charge in [-0.1, -0.05) is 6.07 Å². The molecule has 1 N–H and O–H groups in total. The van der Waals surface area contributed by atoms with E-state index in [4.69, 9.17) is 4.74 Å². The summed E-state index contributed by atoms with van der Waals surface area (Å²) < 4.78 is 6.25. The molecule has 2 heterocycles. The molecule has 126 valence electrons. The molecule has 7 nitrogen and oxygen atoms in total. The van der Waals surface area contributed by atoms with Crippen molar-refractivity contribution in [2.45, 2.75) is 38.3 Å². The molecular formula is C17H20N4O3. The van der Waals surface area contributed by atoms with Crippen LogP contribution in [0.4, 0.5) is 0 Å². The molecule has 1 unspecified atom stereocenters. The van der Waals surface area contributed by atoms with E-state index < -0.39 is 6.04 Å². The number of hydrogen-bond acceptors (Lipinski definition) is 5. The molecule has 0 aromatic carbocycles. The SMILES string of the molecule is COc1ccc(CNC(=O)C(C)n2nc(C3CC3)ccc2=O)cn1. The molecule has 24 heavy (non-hydrogen) atoms. The van der Waals surface area contributed by atoms with Crippen LogP contribution < -0.4 is 15.6 Å². The predicted molar refractivity (Wildman–Crippen MR) is 87.8 cm³/mol. The van der Waals surface area contributed by atoms with Gasteiger partial charge in [0.05, 0.1) is 12.8 Å². The maximum Gasteiger partial charge on any atom is 0.267 e. The normalized spacial score (nSPS) is 14.9. The van der Waals surface area contributed by atoms with E-state index in [2.05, 4.69) is 15.4 Å². The third kappa shape index (κ3) is 3.61. The van der Waals surface area contributed by atoms with Crippen LogP contribution in [0, 0.1) is 0 Å². The summed E-state index contributed by atoms with van der Waals surface area (Å²) in [5.74, 6) is 0.692. The molecule has 0 spiro atoms. The predicted octanol–water partition coefficient (Wildman–Crippen LogP) is 1.40. The van der Waals surface area contributed by atoms with E-state index in [0.29, 0.717) is 18.3 Å². The minimum absolute atomic E-state index is 0.256. The molecule has 1 fully saturated rings. The molecule has 0 aliphatic heterocycles. The van der Waals surface area contributed by atoms with Gasteiger partial charge in [-0.2, -0.15) is 5.10 Å². The van der Waals surface area contributed by atoms with Crippen molar-refractivity contribution in [1.82, 2.24) is 20.1 Å². The third-order valence-electron chi connectivity index (χ3n) is 4.06. The summed E-state index contributed by atoms with van der Waals surface area (Å²) in [4.78, 5) is 28.4. The third-order valence-corrected chi connectivity index (χ3v) is 4.06. The first-order valence-corrected chi connectivity index (χ1v) is 7.95. The quantitative estimate of drug-likeness (QED) is 0.866. The van der Waals surface area contributed by atoms with Gasteiger partial charge in [0.25, 0.3) is 5.56 Å². The minimum atomic E-state index is -0.664. The number of aromatic nitrogens is 3. The number of amides is 1. The maximum atomic E-state index is 12.3. The highest BCUT2D eigenvalue weighted by Crippen LogP contribution is 2.38. The van der Waals surface area contributed by atoms with Gasteiger partial charge < -0.3 is 10.1 Å². The summed E-state index contributed by atoms with van der Waals surface area (Å²) in [5, 5.41) is 7.15. The van der Waals surface area contributed by atoms with Crippen LogP contribution in [-0.2, 0) is 11.3 Å². The van der Waals surface area contributed by atoms with Gasteiger partial charge in [0.15, 0.2) is 0 Å². The van der Waals surface area contributed by atoms with Gasteiger partial charge in [0.1, 0.15) is 6.04 Å². The molecule has 1 saturated carbocycles. The van der Waals surface area contributed by atoms with Gasteiger partial charge >= 0.3 is 0 Å². The van der Waals surface area contributed by atoms with E-state index in [0.717, 1.165) is 24.1 Å². The van der Waals surface area contributed by atoms with E-state index in [1.54, 1.807) is 32.4 Å². The zero-order chi connectivity index (χ0) is 17.1. The first kappa shape index (κ1) is 16.2. The lowest BCUT2D eigenvalue weighted by atomic mass is 10.2. The lowest BCUT2D eigenvalue weighted by Gasteiger charge is -2.15. The van der Waals surface area contributed by atoms with Crippen molar-refractivity contribution in [2.75, 3.05) is 7.11 Å². The zero-order valence-electron chi connectivity index (χ0n) is 13.7. The highest BCUT2D eigenvalue weighted by molar-refractivity contribution is 5.79. The molecule has 3 rings (SSSR count). The van der Waals surface area contributed by atoms with Crippen LogP contribution in [0.15, 0.2) is 35.3 Å². The Balaban J connectivity index is 1.65. The van der Waals surface area contributed by atoms with E-state index in [-0.39, 0.29) is 11.5 Å². The molecule has 1 amide bonds. The molecule has 0 bridgehead atoms. The Kier molecular flexibility index (Phi) is 4.59. The lowest BCUT2D eigenvalue weighted by molar-refractivity contribution is -0.124. The fraction of sp³-hybridized carbons (Fsp3) is 0.412. The van der Waals surface area contributed by atoms with E-state index in [1.807, 2.05) is 6.07 Å². The van der Waals surface area contributed by atoms with E-state index >= 15 is 0 Å². The number of ether oxygens (including phenoxy) is 1. The van der Waals surface area contributed by atoms with Crippen molar-refractivity contribution >= 4 is 5.91 Å². The number of methoxy groups -OCH3 is 1. The van der Waals surface area contributed by atoms with Gasteiger partial charge in [-0.3, -0.25) is 9.59 Å². The Morgan fingerprint density at radius 1 is 1.38 bits per heavy atom. The molecule has 1 aliphatic rings. The average molecular weight is 328 g/mol. The summed E-state index contributed by atoms with van der Waals surface area (Å²) in [6, 6.07) is 6.13. The van der Waals surface area contributed by atoms with Gasteiger partial charge in [-0.05, 0) is 31.4 Å². The van der Waals surface area contributed by atoms with Crippen molar-refractivity contribution in [3.8, 4) is 5.88 Å². The van der Waals surface area contributed by atoms with Crippen LogP contribution in [0.5, 0.6) is 5.88 Å². The average Bonchev–Trinajstić information content (AvgIpc) is 3.45. The maximum absolute atomic E-state index is 12.3. The Labute approximate surface area is 139 Å². The zero-order valence-corrected chi connectivity index (χ0v) is 13.7. The Hall–Kier alpha value is -2.70. The van der Waals surface area contributed by atoms with Crippen molar-refractivity contribution in [1.29, 1.82) is 0 Å². The van der Waals surface area contributed by atoms with Gasteiger partial charge in [0.2, 0.25) is 11.8 Å². The highest BCUT2D eigenvalue weighted by Gasteiger charge is 2.27. The van der Waals surface area contributed by atoms with Crippen LogP contribution in [0.3, 0.4) is 0 Å². The molecule has 1 aliphatic carbocycles. The van der Waals surface area contributed by atoms with Gasteiger partial charge in [0, 0.05) is 30.8 Å². The standard InChI is InChI=1S/C17H20N4O3/c1-11(21-16(22)8-6-14(20-21)13-4-5-13)17(23)19-10-12-3-7-15(24-2)18-9-12/h3,6-9,11,13H,4-5,10H2,1-2H3,(H,19,23). The summed E-state index contributed by atoms with van der Waals surface area (Å²) in [5.41, 5.74) is 1.46. The number of carbonyl (C=O) groups excluding carboxylic acids is 1. The number of hydrogen-bond donors (Lipinski definition) is 1. The highest BCUT2D eigenvalue weighted by atomic mass is 16.5. The van der Waals surface area contributed by atoms with Crippen LogP contribution >= 0.6 is 0 Å². The molecule has 0 saturated heterocycles. The summed E-state index contributed by atoms with van der Waals surface area (Å²) in [6.45, 7) is 2.00. The molecule has 7 heteroatoms. The first-order valence-electron chi connectivity index (χ1n) is 7.95. The second-order valence-corrected chi connectivity index (χ2v) is 5.92. The van der Waals surface area contributed by atoms with Crippen LogP contribution in [-0.4, -0.2) is 27.8 Å². The van der Waals surface area contributed by atoms with Crippen LogP contribution in [0.1, 0.15) is 43.0 Å². The smallest absolute Gasteiger partial charge is 0.267 e. The number of nitrogens with zero attached hydrogens (tertiary/aromatic N) is 3. The summed E-state index contributed by atoms with van der Waals surface area (Å²) >= 11 is 0. The monoisotopic (exact) mass is 328 g/mol. The van der Waals surface area contributed by atoms with Crippen LogP contribution in [0.25, 0.3) is 0 Å². The van der Waals surface area contributed by atoms with Crippen molar-refractivity contribution in [2.24, 2.45) is 0 Å². The second-order valence-electron chi connectivity index (χ2n) is 5.92. The molecule has 2 aromatic rings. The Morgan fingerprint density at radius 3 is 2.79 bits per heavy atom. The van der Waals surface area contributed by atoms with Gasteiger partial charge in [-0.25, -0.2) is 9.67 Å². The van der Waals surface area contributed by atoms with Crippen molar-refractivity contribution in [3.05, 3.63) is 52.1 Å². The molecule has 2 aromatic heterocycles. The lowest BCUT2D eigenvalue weighted by Crippen LogP contribution is -2.37. The minimum Gasteiger partial charge on any atom is -0.481 e. The van der Waals surface area contributed by atoms with Crippen molar-refractivity contribution in [3.63, 3.8) is 0 Å². The van der Waals surface area contributed by atoms with Gasteiger partial charge in [-0.15, -0.1) is 0 Å². The Bertz CT molecular complexity index is 781. The summed E-state index contributed by atoms with van der Waals surface area (Å²) in [7, 11) is 1.55. The number of rotatable bonds is 6. The first-order chi connectivity index (χ1) is 11.6. The number of carbonyl (C=O) groups is 1.